The van der Waals surface area contributed by atoms with Crippen molar-refractivity contribution in [2.45, 2.75) is 45.7 Å². The number of benzene rings is 2. The smallest absolute Gasteiger partial charge is 0.123 e. The monoisotopic (exact) mass is 359 g/mol. The highest BCUT2D eigenvalue weighted by molar-refractivity contribution is 7.48. The first-order valence-electron chi connectivity index (χ1n) is 8.61. The summed E-state index contributed by atoms with van der Waals surface area (Å²) in [5.74, 6) is 0.122. The lowest BCUT2D eigenvalue weighted by Gasteiger charge is -2.32. The second kappa shape index (κ2) is 8.10. The minimum absolute atomic E-state index is 0.205. The van der Waals surface area contributed by atoms with Gasteiger partial charge in [0.15, 0.2) is 0 Å². The summed E-state index contributed by atoms with van der Waals surface area (Å²) in [5, 5.41) is 11.6. The van der Waals surface area contributed by atoms with Crippen LogP contribution in [0.5, 0.6) is 5.75 Å². The summed E-state index contributed by atoms with van der Waals surface area (Å²) in [6, 6.07) is 8.97. The molecule has 1 N–H and O–H groups in total. The molecule has 0 aliphatic carbocycles. The Kier molecular flexibility index (Phi) is 6.35. The number of aliphatic imine (C=N–C) groups is 1. The van der Waals surface area contributed by atoms with E-state index in [1.54, 1.807) is 13.3 Å². The van der Waals surface area contributed by atoms with Crippen LogP contribution in [0.4, 0.5) is 4.39 Å². The molecule has 0 aliphatic heterocycles. The number of nitrogens with zero attached hydrogens (tertiary/aromatic N) is 1. The lowest BCUT2D eigenvalue weighted by molar-refractivity contribution is 0.449. The van der Waals surface area contributed by atoms with Gasteiger partial charge >= 0.3 is 0 Å². The highest BCUT2D eigenvalue weighted by Gasteiger charge is 2.30. The van der Waals surface area contributed by atoms with Crippen molar-refractivity contribution in [2.24, 2.45) is 4.99 Å². The Hall–Kier alpha value is -1.73. The number of phenolic OH excluding ortho intramolecular Hbond substituents is 1. The maximum absolute atomic E-state index is 13.6. The van der Waals surface area contributed by atoms with Gasteiger partial charge in [-0.2, -0.15) is 0 Å². The first kappa shape index (κ1) is 19.6. The van der Waals surface area contributed by atoms with Crippen LogP contribution in [0.1, 0.15) is 48.9 Å². The molecule has 4 heteroatoms. The Labute approximate surface area is 152 Å². The average molecular weight is 359 g/mol. The quantitative estimate of drug-likeness (QED) is 0.557. The standard InChI is InChI=1S/C21H27FNOP/c1-6-9-21(4,18-11-14(2)10-15(3)20(18)24)25-19-8-7-17(22)12-16(19)13-23-5/h7-8,10-13,24-25H,6,9H2,1-5H3/b23-13+. The van der Waals surface area contributed by atoms with Gasteiger partial charge in [0.25, 0.3) is 0 Å². The first-order chi connectivity index (χ1) is 11.8. The van der Waals surface area contributed by atoms with Crippen LogP contribution in [0.2, 0.25) is 0 Å². The van der Waals surface area contributed by atoms with E-state index in [9.17, 15) is 9.50 Å². The SMILES string of the molecule is CCCC(C)(Pc1ccc(F)cc1/C=N/C)c1cc(C)cc(C)c1O. The lowest BCUT2D eigenvalue weighted by Crippen LogP contribution is -2.21. The van der Waals surface area contributed by atoms with E-state index in [4.69, 9.17) is 0 Å². The number of halogens is 1. The minimum Gasteiger partial charge on any atom is -0.507 e. The van der Waals surface area contributed by atoms with Gasteiger partial charge in [0.1, 0.15) is 11.6 Å². The van der Waals surface area contributed by atoms with Gasteiger partial charge < -0.3 is 5.11 Å². The van der Waals surface area contributed by atoms with Crippen LogP contribution in [0, 0.1) is 19.7 Å². The maximum Gasteiger partial charge on any atom is 0.123 e. The van der Waals surface area contributed by atoms with Gasteiger partial charge in [0, 0.05) is 29.5 Å². The zero-order chi connectivity index (χ0) is 18.6. The van der Waals surface area contributed by atoms with Crippen molar-refractivity contribution in [1.82, 2.24) is 0 Å². The zero-order valence-corrected chi connectivity index (χ0v) is 16.7. The molecule has 0 saturated heterocycles. The summed E-state index contributed by atoms with van der Waals surface area (Å²) in [6.07, 6.45) is 3.66. The molecular weight excluding hydrogens is 332 g/mol. The topological polar surface area (TPSA) is 32.6 Å². The van der Waals surface area contributed by atoms with Gasteiger partial charge in [0.05, 0.1) is 0 Å². The fourth-order valence-corrected chi connectivity index (χ4v) is 5.08. The molecule has 2 atom stereocenters. The molecule has 2 aromatic rings. The molecule has 0 heterocycles. The molecule has 134 valence electrons. The molecule has 0 fully saturated rings. The summed E-state index contributed by atoms with van der Waals surface area (Å²) in [5.41, 5.74) is 3.84. The Bertz CT molecular complexity index is 788. The fraction of sp³-hybridized carbons (Fsp3) is 0.381. The molecule has 0 aliphatic rings. The molecule has 2 nitrogen and oxygen atoms in total. The van der Waals surface area contributed by atoms with Crippen LogP contribution in [-0.2, 0) is 5.16 Å². The van der Waals surface area contributed by atoms with E-state index in [1.807, 2.05) is 19.1 Å². The molecular formula is C21H27FNOP. The van der Waals surface area contributed by atoms with Gasteiger partial charge in [-0.1, -0.05) is 52.6 Å². The number of aromatic hydroxyl groups is 1. The van der Waals surface area contributed by atoms with E-state index in [0.29, 0.717) is 14.3 Å². The zero-order valence-electron chi connectivity index (χ0n) is 15.7. The highest BCUT2D eigenvalue weighted by atomic mass is 31.1. The Morgan fingerprint density at radius 2 is 1.96 bits per heavy atom. The Morgan fingerprint density at radius 1 is 1.24 bits per heavy atom. The van der Waals surface area contributed by atoms with Crippen LogP contribution in [0.15, 0.2) is 35.3 Å². The van der Waals surface area contributed by atoms with E-state index in [2.05, 4.69) is 31.8 Å². The molecule has 0 spiro atoms. The molecule has 0 aromatic heterocycles. The van der Waals surface area contributed by atoms with Crippen molar-refractivity contribution in [3.05, 3.63) is 58.4 Å². The lowest BCUT2D eigenvalue weighted by atomic mass is 9.91. The normalized spacial score (nSPS) is 14.5. The second-order valence-electron chi connectivity index (χ2n) is 6.80. The summed E-state index contributed by atoms with van der Waals surface area (Å²) in [4.78, 5) is 4.07. The highest BCUT2D eigenvalue weighted by Crippen LogP contribution is 2.49. The van der Waals surface area contributed by atoms with E-state index in [-0.39, 0.29) is 11.0 Å². The molecule has 2 aromatic carbocycles. The third-order valence-electron chi connectivity index (χ3n) is 4.48. The molecule has 0 radical (unpaired) electrons. The molecule has 0 saturated carbocycles. The summed E-state index contributed by atoms with van der Waals surface area (Å²) in [7, 11) is 2.10. The van der Waals surface area contributed by atoms with Crippen LogP contribution in [0.3, 0.4) is 0 Å². The predicted octanol–water partition coefficient (Wildman–Crippen LogP) is 5.22. The van der Waals surface area contributed by atoms with Gasteiger partial charge in [-0.25, -0.2) is 4.39 Å². The third kappa shape index (κ3) is 4.46. The maximum atomic E-state index is 13.6. The molecule has 0 bridgehead atoms. The third-order valence-corrected chi connectivity index (χ3v) is 6.28. The van der Waals surface area contributed by atoms with E-state index >= 15 is 0 Å². The van der Waals surface area contributed by atoms with Crippen LogP contribution < -0.4 is 5.30 Å². The van der Waals surface area contributed by atoms with Gasteiger partial charge in [-0.15, -0.1) is 0 Å². The van der Waals surface area contributed by atoms with Gasteiger partial charge in [-0.3, -0.25) is 4.99 Å². The van der Waals surface area contributed by atoms with Crippen molar-refractivity contribution >= 4 is 20.1 Å². The number of hydrogen-bond donors (Lipinski definition) is 1. The summed E-state index contributed by atoms with van der Waals surface area (Å²) < 4.78 is 13.6. The number of rotatable bonds is 6. The van der Waals surface area contributed by atoms with E-state index < -0.39 is 0 Å². The number of phenols is 1. The molecule has 25 heavy (non-hydrogen) atoms. The van der Waals surface area contributed by atoms with Crippen molar-refractivity contribution in [2.75, 3.05) is 7.05 Å². The van der Waals surface area contributed by atoms with Crippen LogP contribution in [0.25, 0.3) is 0 Å². The Morgan fingerprint density at radius 3 is 2.60 bits per heavy atom. The Balaban J connectivity index is 2.56. The number of aryl methyl sites for hydroxylation is 2. The molecule has 2 rings (SSSR count). The van der Waals surface area contributed by atoms with E-state index in [0.717, 1.165) is 40.4 Å². The predicted molar refractivity (Wildman–Crippen MR) is 108 cm³/mol. The average Bonchev–Trinajstić information content (AvgIpc) is 2.54. The molecule has 0 amide bonds. The van der Waals surface area contributed by atoms with Crippen molar-refractivity contribution < 1.29 is 9.50 Å². The number of hydrogen-bond acceptors (Lipinski definition) is 2. The van der Waals surface area contributed by atoms with Crippen molar-refractivity contribution in [1.29, 1.82) is 0 Å². The van der Waals surface area contributed by atoms with Gasteiger partial charge in [-0.05, 0) is 43.3 Å². The summed E-state index contributed by atoms with van der Waals surface area (Å²) in [6.45, 7) is 8.34. The largest absolute Gasteiger partial charge is 0.507 e. The van der Waals surface area contributed by atoms with E-state index in [1.165, 1.54) is 12.1 Å². The van der Waals surface area contributed by atoms with Crippen molar-refractivity contribution in [3.63, 3.8) is 0 Å². The van der Waals surface area contributed by atoms with Crippen molar-refractivity contribution in [3.8, 4) is 5.75 Å². The summed E-state index contributed by atoms with van der Waals surface area (Å²) >= 11 is 0. The van der Waals surface area contributed by atoms with Crippen LogP contribution >= 0.6 is 8.58 Å². The first-order valence-corrected chi connectivity index (χ1v) is 9.61. The minimum atomic E-state index is -0.255. The second-order valence-corrected chi connectivity index (χ2v) is 8.70. The van der Waals surface area contributed by atoms with Gasteiger partial charge in [0.2, 0.25) is 0 Å². The van der Waals surface area contributed by atoms with Crippen LogP contribution in [-0.4, -0.2) is 18.4 Å². The molecule has 2 unspecified atom stereocenters. The fourth-order valence-electron chi connectivity index (χ4n) is 3.34.